The van der Waals surface area contributed by atoms with E-state index in [-0.39, 0.29) is 21.9 Å². The number of pyridine rings is 1. The molecule has 104 valence electrons. The van der Waals surface area contributed by atoms with E-state index in [0.717, 1.165) is 12.1 Å². The molecule has 0 bridgehead atoms. The minimum Gasteiger partial charge on any atom is -0.264 e. The normalized spacial score (nSPS) is 11.5. The highest BCUT2D eigenvalue weighted by Gasteiger charge is 2.16. The van der Waals surface area contributed by atoms with Gasteiger partial charge in [0, 0.05) is 29.6 Å². The van der Waals surface area contributed by atoms with Crippen molar-refractivity contribution in [3.63, 3.8) is 0 Å². The van der Waals surface area contributed by atoms with E-state index in [0.29, 0.717) is 5.56 Å². The third-order valence-electron chi connectivity index (χ3n) is 2.68. The van der Waals surface area contributed by atoms with Crippen LogP contribution in [0.1, 0.15) is 11.1 Å². The minimum atomic E-state index is -0.870. The molecule has 2 aromatic rings. The van der Waals surface area contributed by atoms with Crippen molar-refractivity contribution in [3.05, 3.63) is 69.8 Å². The van der Waals surface area contributed by atoms with E-state index in [1.54, 1.807) is 12.1 Å². The zero-order chi connectivity index (χ0) is 15.4. The fourth-order valence-electron chi connectivity index (χ4n) is 1.68. The van der Waals surface area contributed by atoms with E-state index in [2.05, 4.69) is 4.98 Å². The Hall–Kier alpha value is -2.78. The maximum absolute atomic E-state index is 13.9. The largest absolute Gasteiger partial charge is 0.272 e. The summed E-state index contributed by atoms with van der Waals surface area (Å²) >= 11 is 6.06. The average molecular weight is 304 g/mol. The molecule has 2 rings (SSSR count). The van der Waals surface area contributed by atoms with E-state index in [4.69, 9.17) is 11.6 Å². The average Bonchev–Trinajstić information content (AvgIpc) is 2.48. The first-order valence-corrected chi connectivity index (χ1v) is 6.07. The molecule has 1 heterocycles. The number of nitriles is 1. The molecule has 0 unspecified atom stereocenters. The number of halogens is 2. The molecule has 0 saturated carbocycles. The Morgan fingerprint density at radius 1 is 1.43 bits per heavy atom. The third kappa shape index (κ3) is 3.04. The van der Waals surface area contributed by atoms with Crippen LogP contribution in [-0.2, 0) is 0 Å². The summed E-state index contributed by atoms with van der Waals surface area (Å²) in [6.07, 6.45) is 2.95. The van der Waals surface area contributed by atoms with Gasteiger partial charge in [-0.2, -0.15) is 5.26 Å². The Balaban J connectivity index is 2.57. The van der Waals surface area contributed by atoms with Crippen molar-refractivity contribution in [3.8, 4) is 6.07 Å². The van der Waals surface area contributed by atoms with Gasteiger partial charge in [0.2, 0.25) is 0 Å². The Bertz CT molecular complexity index is 770. The van der Waals surface area contributed by atoms with Crippen LogP contribution in [0.2, 0.25) is 0 Å². The summed E-state index contributed by atoms with van der Waals surface area (Å²) in [5, 5.41) is 19.6. The molecule has 5 nitrogen and oxygen atoms in total. The lowest BCUT2D eigenvalue weighted by atomic mass is 10.0. The van der Waals surface area contributed by atoms with Crippen LogP contribution in [0.4, 0.5) is 10.1 Å². The summed E-state index contributed by atoms with van der Waals surface area (Å²) in [5.74, 6) is -0.870. The first-order valence-electron chi connectivity index (χ1n) is 5.69. The predicted octanol–water partition coefficient (Wildman–Crippen LogP) is 3.76. The van der Waals surface area contributed by atoms with Gasteiger partial charge in [-0.15, -0.1) is 0 Å². The van der Waals surface area contributed by atoms with Crippen molar-refractivity contribution < 1.29 is 9.31 Å². The number of nitro groups is 1. The molecule has 0 fully saturated rings. The van der Waals surface area contributed by atoms with Crippen LogP contribution in [-0.4, -0.2) is 9.91 Å². The van der Waals surface area contributed by atoms with Crippen LogP contribution in [0.3, 0.4) is 0 Å². The molecule has 0 saturated heterocycles. The van der Waals surface area contributed by atoms with E-state index in [1.165, 1.54) is 18.5 Å². The number of non-ortho nitro benzene ring substituents is 1. The van der Waals surface area contributed by atoms with Crippen molar-refractivity contribution >= 4 is 27.9 Å². The van der Waals surface area contributed by atoms with Gasteiger partial charge in [0.25, 0.3) is 5.69 Å². The van der Waals surface area contributed by atoms with Crippen molar-refractivity contribution in [1.29, 1.82) is 5.26 Å². The van der Waals surface area contributed by atoms with Gasteiger partial charge in [0.05, 0.1) is 21.6 Å². The van der Waals surface area contributed by atoms with Crippen molar-refractivity contribution in [1.82, 2.24) is 4.98 Å². The maximum atomic E-state index is 13.9. The zero-order valence-electron chi connectivity index (χ0n) is 10.5. The highest BCUT2D eigenvalue weighted by Crippen LogP contribution is 2.31. The van der Waals surface area contributed by atoms with Crippen LogP contribution >= 0.6 is 11.6 Å². The van der Waals surface area contributed by atoms with Gasteiger partial charge in [-0.1, -0.05) is 17.7 Å². The van der Waals surface area contributed by atoms with Crippen molar-refractivity contribution in [2.75, 3.05) is 0 Å². The second kappa shape index (κ2) is 6.11. The fourth-order valence-corrected chi connectivity index (χ4v) is 1.99. The number of aromatic nitrogens is 1. The topological polar surface area (TPSA) is 79.8 Å². The quantitative estimate of drug-likeness (QED) is 0.491. The highest BCUT2D eigenvalue weighted by molar-refractivity contribution is 6.53. The smallest absolute Gasteiger partial charge is 0.264 e. The maximum Gasteiger partial charge on any atom is 0.272 e. The van der Waals surface area contributed by atoms with Crippen LogP contribution in [0.5, 0.6) is 0 Å². The summed E-state index contributed by atoms with van der Waals surface area (Å²) in [4.78, 5) is 13.7. The summed E-state index contributed by atoms with van der Waals surface area (Å²) in [5.41, 5.74) is 0.00328. The summed E-state index contributed by atoms with van der Waals surface area (Å²) in [6, 6.07) is 8.16. The fraction of sp³-hybridized carbons (Fsp3) is 0. The van der Waals surface area contributed by atoms with Crippen LogP contribution in [0, 0.1) is 27.3 Å². The first kappa shape index (κ1) is 14.6. The number of rotatable bonds is 3. The molecule has 0 aliphatic heterocycles. The monoisotopic (exact) mass is 303 g/mol. The van der Waals surface area contributed by atoms with E-state index in [1.807, 2.05) is 6.07 Å². The van der Waals surface area contributed by atoms with Gasteiger partial charge in [0.1, 0.15) is 11.9 Å². The summed E-state index contributed by atoms with van der Waals surface area (Å²) in [6.45, 7) is 0. The summed E-state index contributed by atoms with van der Waals surface area (Å²) < 4.78 is 13.9. The Labute approximate surface area is 124 Å². The van der Waals surface area contributed by atoms with E-state index < -0.39 is 10.7 Å². The molecular weight excluding hydrogens is 297 g/mol. The highest BCUT2D eigenvalue weighted by atomic mass is 35.5. The Kier molecular flexibility index (Phi) is 4.26. The van der Waals surface area contributed by atoms with Gasteiger partial charge in [0.15, 0.2) is 0 Å². The Morgan fingerprint density at radius 3 is 2.71 bits per heavy atom. The lowest BCUT2D eigenvalue weighted by Crippen LogP contribution is -1.94. The number of benzene rings is 1. The van der Waals surface area contributed by atoms with Crippen LogP contribution in [0.25, 0.3) is 10.6 Å². The van der Waals surface area contributed by atoms with Crippen molar-refractivity contribution in [2.45, 2.75) is 0 Å². The second-order valence-corrected chi connectivity index (χ2v) is 4.34. The Morgan fingerprint density at radius 2 is 2.19 bits per heavy atom. The molecule has 1 aromatic carbocycles. The molecule has 7 heteroatoms. The van der Waals surface area contributed by atoms with Gasteiger partial charge in [-0.25, -0.2) is 4.39 Å². The minimum absolute atomic E-state index is 0.0394. The molecule has 0 aliphatic rings. The molecule has 0 amide bonds. The van der Waals surface area contributed by atoms with E-state index >= 15 is 0 Å². The third-order valence-corrected chi connectivity index (χ3v) is 3.07. The molecule has 0 atom stereocenters. The molecular formula is C14H7ClFN3O2. The van der Waals surface area contributed by atoms with Gasteiger partial charge in [-0.3, -0.25) is 15.1 Å². The number of nitrogens with zero attached hydrogens (tertiary/aromatic N) is 3. The number of hydrogen-bond acceptors (Lipinski definition) is 4. The molecule has 1 aromatic heterocycles. The molecule has 0 N–H and O–H groups in total. The summed E-state index contributed by atoms with van der Waals surface area (Å²) in [7, 11) is 0. The lowest BCUT2D eigenvalue weighted by molar-refractivity contribution is -0.385. The predicted molar refractivity (Wildman–Crippen MR) is 75.6 cm³/mol. The number of nitro benzene ring substituents is 1. The first-order chi connectivity index (χ1) is 10.0. The molecule has 21 heavy (non-hydrogen) atoms. The van der Waals surface area contributed by atoms with E-state index in [9.17, 15) is 19.8 Å². The molecule has 0 aliphatic carbocycles. The SMILES string of the molecule is N#C/C(=C(\Cl)c1ccc([N+](=O)[O-])cc1F)c1cccnc1. The number of allylic oxidation sites excluding steroid dienone is 1. The zero-order valence-corrected chi connectivity index (χ0v) is 11.2. The van der Waals surface area contributed by atoms with Gasteiger partial charge < -0.3 is 0 Å². The van der Waals surface area contributed by atoms with Crippen LogP contribution < -0.4 is 0 Å². The van der Waals surface area contributed by atoms with Gasteiger partial charge >= 0.3 is 0 Å². The second-order valence-electron chi connectivity index (χ2n) is 3.96. The van der Waals surface area contributed by atoms with Crippen LogP contribution in [0.15, 0.2) is 42.7 Å². The standard InChI is InChI=1S/C14H7ClFN3O2/c15-14(12(7-17)9-2-1-5-18-8-9)11-4-3-10(19(20)21)6-13(11)16/h1-6,8H/b14-12+. The van der Waals surface area contributed by atoms with Crippen molar-refractivity contribution in [2.24, 2.45) is 0 Å². The van der Waals surface area contributed by atoms with Gasteiger partial charge in [-0.05, 0) is 12.1 Å². The molecule has 0 radical (unpaired) electrons. The molecule has 0 spiro atoms. The number of hydrogen-bond donors (Lipinski definition) is 0. The lowest BCUT2D eigenvalue weighted by Gasteiger charge is -2.05.